The van der Waals surface area contributed by atoms with E-state index in [4.69, 9.17) is 0 Å². The van der Waals surface area contributed by atoms with Crippen LogP contribution in [0.1, 0.15) is 44.2 Å². The Balaban J connectivity index is 1.98. The summed E-state index contributed by atoms with van der Waals surface area (Å²) in [7, 11) is 0. The Morgan fingerprint density at radius 3 is 3.18 bits per heavy atom. The van der Waals surface area contributed by atoms with E-state index in [1.807, 2.05) is 18.5 Å². The molecule has 3 heteroatoms. The van der Waals surface area contributed by atoms with E-state index in [0.717, 1.165) is 25.9 Å². The zero-order valence-corrected chi connectivity index (χ0v) is 10.5. The molecule has 0 aliphatic carbocycles. The number of hydrogen-bond acceptors (Lipinski definition) is 3. The number of rotatable bonds is 5. The summed E-state index contributed by atoms with van der Waals surface area (Å²) in [6, 6.07) is 4.59. The fraction of sp³-hybridized carbons (Fsp3) is 0.643. The van der Waals surface area contributed by atoms with Crippen molar-refractivity contribution in [2.24, 2.45) is 0 Å². The van der Waals surface area contributed by atoms with Gasteiger partial charge < -0.3 is 5.11 Å². The molecule has 2 unspecified atom stereocenters. The molecule has 1 aromatic heterocycles. The minimum atomic E-state index is -0.183. The van der Waals surface area contributed by atoms with E-state index < -0.39 is 0 Å². The lowest BCUT2D eigenvalue weighted by Gasteiger charge is -2.26. The van der Waals surface area contributed by atoms with Crippen LogP contribution in [-0.4, -0.2) is 34.2 Å². The quantitative estimate of drug-likeness (QED) is 0.849. The molecule has 1 aliphatic heterocycles. The summed E-state index contributed by atoms with van der Waals surface area (Å²) in [5.41, 5.74) is 1.29. The van der Waals surface area contributed by atoms with E-state index in [2.05, 4.69) is 22.9 Å². The van der Waals surface area contributed by atoms with Crippen LogP contribution in [0.5, 0.6) is 0 Å². The second-order valence-corrected chi connectivity index (χ2v) is 4.88. The highest BCUT2D eigenvalue weighted by molar-refractivity contribution is 5.15. The molecular formula is C14H22N2O. The van der Waals surface area contributed by atoms with Gasteiger partial charge in [-0.05, 0) is 37.4 Å². The van der Waals surface area contributed by atoms with E-state index in [1.165, 1.54) is 18.4 Å². The monoisotopic (exact) mass is 234 g/mol. The number of aliphatic hydroxyl groups excluding tert-OH is 1. The molecule has 94 valence electrons. The van der Waals surface area contributed by atoms with Gasteiger partial charge in [0.25, 0.3) is 0 Å². The fourth-order valence-electron chi connectivity index (χ4n) is 2.69. The van der Waals surface area contributed by atoms with Crippen molar-refractivity contribution >= 4 is 0 Å². The molecule has 1 saturated heterocycles. The average molecular weight is 234 g/mol. The third kappa shape index (κ3) is 3.27. The number of nitrogens with zero attached hydrogens (tertiary/aromatic N) is 2. The van der Waals surface area contributed by atoms with Crippen LogP contribution < -0.4 is 0 Å². The van der Waals surface area contributed by atoms with Crippen LogP contribution in [-0.2, 0) is 0 Å². The van der Waals surface area contributed by atoms with E-state index in [-0.39, 0.29) is 6.10 Å². The average Bonchev–Trinajstić information content (AvgIpc) is 2.78. The van der Waals surface area contributed by atoms with Crippen LogP contribution in [0.2, 0.25) is 0 Å². The van der Waals surface area contributed by atoms with E-state index in [9.17, 15) is 5.11 Å². The summed E-state index contributed by atoms with van der Waals surface area (Å²) in [6.07, 6.45) is 7.94. The molecule has 0 spiro atoms. The third-order valence-corrected chi connectivity index (χ3v) is 3.50. The Morgan fingerprint density at radius 2 is 2.47 bits per heavy atom. The number of β-amino-alcohol motifs (C(OH)–C–C–N with tert-alkyl or cyclic N) is 1. The summed E-state index contributed by atoms with van der Waals surface area (Å²) in [5, 5.41) is 9.92. The van der Waals surface area contributed by atoms with Crippen LogP contribution in [0.15, 0.2) is 24.5 Å². The summed E-state index contributed by atoms with van der Waals surface area (Å²) in [5.74, 6) is 0. The molecule has 1 fully saturated rings. The predicted molar refractivity (Wildman–Crippen MR) is 68.7 cm³/mol. The first-order valence-corrected chi connectivity index (χ1v) is 6.63. The van der Waals surface area contributed by atoms with Crippen LogP contribution in [0.4, 0.5) is 0 Å². The molecule has 0 saturated carbocycles. The number of aromatic nitrogens is 1. The Hall–Kier alpha value is -0.930. The van der Waals surface area contributed by atoms with Crippen molar-refractivity contribution in [2.75, 3.05) is 13.1 Å². The normalized spacial score (nSPS) is 22.8. The van der Waals surface area contributed by atoms with Crippen LogP contribution in [0.25, 0.3) is 0 Å². The van der Waals surface area contributed by atoms with Crippen molar-refractivity contribution in [2.45, 2.75) is 44.8 Å². The van der Waals surface area contributed by atoms with Crippen molar-refractivity contribution in [1.29, 1.82) is 0 Å². The lowest BCUT2D eigenvalue weighted by molar-refractivity contribution is 0.0982. The Labute approximate surface area is 103 Å². The second-order valence-electron chi connectivity index (χ2n) is 4.88. The van der Waals surface area contributed by atoms with Gasteiger partial charge in [-0.25, -0.2) is 0 Å². The molecular weight excluding hydrogens is 212 g/mol. The molecule has 0 aromatic carbocycles. The highest BCUT2D eigenvalue weighted by Crippen LogP contribution is 2.31. The zero-order valence-electron chi connectivity index (χ0n) is 10.5. The third-order valence-electron chi connectivity index (χ3n) is 3.50. The van der Waals surface area contributed by atoms with Gasteiger partial charge in [-0.1, -0.05) is 19.4 Å². The molecule has 1 N–H and O–H groups in total. The number of likely N-dealkylation sites (tertiary alicyclic amines) is 1. The highest BCUT2D eigenvalue weighted by atomic mass is 16.3. The van der Waals surface area contributed by atoms with Crippen LogP contribution in [0, 0.1) is 0 Å². The summed E-state index contributed by atoms with van der Waals surface area (Å²) in [4.78, 5) is 6.59. The predicted octanol–water partition coefficient (Wildman–Crippen LogP) is 2.38. The lowest BCUT2D eigenvalue weighted by Crippen LogP contribution is -2.32. The van der Waals surface area contributed by atoms with E-state index in [0.29, 0.717) is 6.04 Å². The van der Waals surface area contributed by atoms with Crippen molar-refractivity contribution in [1.82, 2.24) is 9.88 Å². The molecule has 0 radical (unpaired) electrons. The Morgan fingerprint density at radius 1 is 1.59 bits per heavy atom. The van der Waals surface area contributed by atoms with Crippen molar-refractivity contribution in [3.63, 3.8) is 0 Å². The lowest BCUT2D eigenvalue weighted by atomic mass is 10.1. The highest BCUT2D eigenvalue weighted by Gasteiger charge is 2.27. The summed E-state index contributed by atoms with van der Waals surface area (Å²) < 4.78 is 0. The van der Waals surface area contributed by atoms with Crippen LogP contribution in [0.3, 0.4) is 0 Å². The smallest absolute Gasteiger partial charge is 0.0667 e. The molecule has 1 aliphatic rings. The Bertz CT molecular complexity index is 328. The van der Waals surface area contributed by atoms with Crippen LogP contribution >= 0.6 is 0 Å². The maximum Gasteiger partial charge on any atom is 0.0667 e. The first-order chi connectivity index (χ1) is 8.31. The van der Waals surface area contributed by atoms with Crippen molar-refractivity contribution in [3.05, 3.63) is 30.1 Å². The molecule has 17 heavy (non-hydrogen) atoms. The summed E-state index contributed by atoms with van der Waals surface area (Å²) in [6.45, 7) is 4.01. The summed E-state index contributed by atoms with van der Waals surface area (Å²) >= 11 is 0. The second kappa shape index (κ2) is 6.12. The standard InChI is InChI=1S/C14H22N2O/c1-2-5-13(17)11-16-9-4-7-14(16)12-6-3-8-15-10-12/h3,6,8,10,13-14,17H,2,4-5,7,9,11H2,1H3. The maximum atomic E-state index is 9.92. The molecule has 2 heterocycles. The largest absolute Gasteiger partial charge is 0.392 e. The molecule has 2 rings (SSSR count). The Kier molecular flexibility index (Phi) is 4.51. The SMILES string of the molecule is CCCC(O)CN1CCCC1c1cccnc1. The number of aliphatic hydroxyl groups is 1. The van der Waals surface area contributed by atoms with Gasteiger partial charge in [-0.15, -0.1) is 0 Å². The molecule has 0 amide bonds. The first kappa shape index (κ1) is 12.5. The van der Waals surface area contributed by atoms with Gasteiger partial charge >= 0.3 is 0 Å². The van der Waals surface area contributed by atoms with Gasteiger partial charge in [0.05, 0.1) is 6.10 Å². The van der Waals surface area contributed by atoms with Gasteiger partial charge in [-0.3, -0.25) is 9.88 Å². The fourth-order valence-corrected chi connectivity index (χ4v) is 2.69. The topological polar surface area (TPSA) is 36.4 Å². The number of hydrogen-bond donors (Lipinski definition) is 1. The van der Waals surface area contributed by atoms with Gasteiger partial charge in [-0.2, -0.15) is 0 Å². The van der Waals surface area contributed by atoms with Gasteiger partial charge in [0, 0.05) is 25.0 Å². The van der Waals surface area contributed by atoms with Crippen molar-refractivity contribution in [3.8, 4) is 0 Å². The minimum absolute atomic E-state index is 0.183. The zero-order chi connectivity index (χ0) is 12.1. The van der Waals surface area contributed by atoms with Crippen molar-refractivity contribution < 1.29 is 5.11 Å². The molecule has 0 bridgehead atoms. The molecule has 1 aromatic rings. The first-order valence-electron chi connectivity index (χ1n) is 6.63. The van der Waals surface area contributed by atoms with E-state index >= 15 is 0 Å². The minimum Gasteiger partial charge on any atom is -0.392 e. The number of pyridine rings is 1. The maximum absolute atomic E-state index is 9.92. The van der Waals surface area contributed by atoms with Gasteiger partial charge in [0.15, 0.2) is 0 Å². The van der Waals surface area contributed by atoms with E-state index in [1.54, 1.807) is 0 Å². The molecule has 3 nitrogen and oxygen atoms in total. The van der Waals surface area contributed by atoms with Gasteiger partial charge in [0.2, 0.25) is 0 Å². The van der Waals surface area contributed by atoms with Gasteiger partial charge in [0.1, 0.15) is 0 Å². The molecule has 2 atom stereocenters.